The third-order valence-electron chi connectivity index (χ3n) is 5.50. The summed E-state index contributed by atoms with van der Waals surface area (Å²) in [5.74, 6) is 3.06. The molecular weight excluding hydrogens is 412 g/mol. The molecule has 5 rings (SSSR count). The molecule has 7 heteroatoms. The molecule has 164 valence electrons. The molecule has 0 aromatic heterocycles. The Morgan fingerprint density at radius 2 is 1.59 bits per heavy atom. The number of ether oxygens (including phenoxy) is 6. The van der Waals surface area contributed by atoms with Crippen LogP contribution in [-0.4, -0.2) is 26.8 Å². The van der Waals surface area contributed by atoms with E-state index in [-0.39, 0.29) is 19.0 Å². The second-order valence-corrected chi connectivity index (χ2v) is 7.46. The second-order valence-electron chi connectivity index (χ2n) is 7.46. The Kier molecular flexibility index (Phi) is 5.23. The molecule has 32 heavy (non-hydrogen) atoms. The molecule has 0 spiro atoms. The lowest BCUT2D eigenvalue weighted by atomic mass is 9.95. The van der Waals surface area contributed by atoms with Gasteiger partial charge in [-0.2, -0.15) is 0 Å². The molecule has 2 aliphatic heterocycles. The lowest BCUT2D eigenvalue weighted by molar-refractivity contribution is 0.0848. The summed E-state index contributed by atoms with van der Waals surface area (Å²) in [5.41, 5.74) is 2.27. The standard InChI is InChI=1S/C25H22O7/c1-27-23-8-16(9-24(28-2)25(23)29-13-15-6-4-3-5-7-15)19-11-18(26)17-10-21-22(31-14-30-21)12-20(17)32-19/h3-10,12,19H,11,13-14H2,1-2H3. The minimum absolute atomic E-state index is 0.0307. The maximum Gasteiger partial charge on any atom is 0.231 e. The van der Waals surface area contributed by atoms with Gasteiger partial charge in [-0.05, 0) is 23.8 Å². The van der Waals surface area contributed by atoms with E-state index in [1.807, 2.05) is 42.5 Å². The molecule has 3 aromatic carbocycles. The predicted molar refractivity (Wildman–Crippen MR) is 115 cm³/mol. The van der Waals surface area contributed by atoms with E-state index in [0.717, 1.165) is 11.1 Å². The Morgan fingerprint density at radius 1 is 0.906 bits per heavy atom. The number of carbonyl (C=O) groups is 1. The van der Waals surface area contributed by atoms with Gasteiger partial charge in [-0.25, -0.2) is 0 Å². The summed E-state index contributed by atoms with van der Waals surface area (Å²) < 4.78 is 34.2. The molecular formula is C25H22O7. The van der Waals surface area contributed by atoms with Crippen molar-refractivity contribution in [1.29, 1.82) is 0 Å². The molecule has 0 fully saturated rings. The average Bonchev–Trinajstić information content (AvgIpc) is 3.29. The first kappa shape index (κ1) is 20.1. The third-order valence-corrected chi connectivity index (χ3v) is 5.50. The van der Waals surface area contributed by atoms with Crippen LogP contribution < -0.4 is 28.4 Å². The molecule has 3 aromatic rings. The van der Waals surface area contributed by atoms with E-state index in [9.17, 15) is 4.79 Å². The quantitative estimate of drug-likeness (QED) is 0.556. The molecule has 1 atom stereocenters. The van der Waals surface area contributed by atoms with Crippen LogP contribution in [0, 0.1) is 0 Å². The van der Waals surface area contributed by atoms with Crippen molar-refractivity contribution in [3.05, 3.63) is 71.3 Å². The van der Waals surface area contributed by atoms with Gasteiger partial charge in [-0.15, -0.1) is 0 Å². The largest absolute Gasteiger partial charge is 0.493 e. The van der Waals surface area contributed by atoms with Gasteiger partial charge in [-0.1, -0.05) is 30.3 Å². The van der Waals surface area contributed by atoms with Gasteiger partial charge in [-0.3, -0.25) is 4.79 Å². The van der Waals surface area contributed by atoms with Crippen LogP contribution in [0.1, 0.15) is 34.0 Å². The Balaban J connectivity index is 1.44. The highest BCUT2D eigenvalue weighted by Crippen LogP contribution is 2.46. The van der Waals surface area contributed by atoms with Gasteiger partial charge >= 0.3 is 0 Å². The van der Waals surface area contributed by atoms with Crippen molar-refractivity contribution in [1.82, 2.24) is 0 Å². The fraction of sp³-hybridized carbons (Fsp3) is 0.240. The number of hydrogen-bond acceptors (Lipinski definition) is 7. The van der Waals surface area contributed by atoms with E-state index in [4.69, 9.17) is 28.4 Å². The number of Topliss-reactive ketones (excluding diaryl/α,β-unsaturated/α-hetero) is 1. The Labute approximate surface area is 185 Å². The zero-order chi connectivity index (χ0) is 22.1. The number of rotatable bonds is 6. The van der Waals surface area contributed by atoms with Gasteiger partial charge < -0.3 is 28.4 Å². The maximum atomic E-state index is 12.8. The van der Waals surface area contributed by atoms with Crippen LogP contribution in [0.4, 0.5) is 0 Å². The number of fused-ring (bicyclic) bond motifs is 2. The molecule has 2 aliphatic rings. The molecule has 0 saturated carbocycles. The average molecular weight is 434 g/mol. The number of carbonyl (C=O) groups excluding carboxylic acids is 1. The van der Waals surface area contributed by atoms with Crippen LogP contribution >= 0.6 is 0 Å². The maximum absolute atomic E-state index is 12.8. The van der Waals surface area contributed by atoms with Crippen molar-refractivity contribution in [3.63, 3.8) is 0 Å². The van der Waals surface area contributed by atoms with Gasteiger partial charge in [0.15, 0.2) is 28.8 Å². The SMILES string of the molecule is COc1cc(C2CC(=O)c3cc4c(cc3O2)OCO4)cc(OC)c1OCc1ccccc1. The topological polar surface area (TPSA) is 72.5 Å². The lowest BCUT2D eigenvalue weighted by Crippen LogP contribution is -2.20. The normalized spacial score (nSPS) is 16.2. The highest BCUT2D eigenvalue weighted by Gasteiger charge is 2.32. The zero-order valence-electron chi connectivity index (χ0n) is 17.8. The monoisotopic (exact) mass is 434 g/mol. The van der Waals surface area contributed by atoms with Gasteiger partial charge in [0, 0.05) is 11.6 Å². The lowest BCUT2D eigenvalue weighted by Gasteiger charge is -2.27. The van der Waals surface area contributed by atoms with Gasteiger partial charge in [0.05, 0.1) is 26.2 Å². The fourth-order valence-electron chi connectivity index (χ4n) is 3.86. The third kappa shape index (κ3) is 3.66. The molecule has 0 radical (unpaired) electrons. The first-order valence-corrected chi connectivity index (χ1v) is 10.2. The van der Waals surface area contributed by atoms with Crippen molar-refractivity contribution in [2.75, 3.05) is 21.0 Å². The summed E-state index contributed by atoms with van der Waals surface area (Å²) in [7, 11) is 3.13. The number of ketones is 1. The fourth-order valence-corrected chi connectivity index (χ4v) is 3.86. The molecule has 2 heterocycles. The van der Waals surface area contributed by atoms with Crippen LogP contribution in [0.2, 0.25) is 0 Å². The smallest absolute Gasteiger partial charge is 0.231 e. The summed E-state index contributed by atoms with van der Waals surface area (Å²) in [6.45, 7) is 0.501. The first-order chi connectivity index (χ1) is 15.7. The van der Waals surface area contributed by atoms with E-state index >= 15 is 0 Å². The van der Waals surface area contributed by atoms with Crippen LogP contribution in [0.15, 0.2) is 54.6 Å². The van der Waals surface area contributed by atoms with E-state index < -0.39 is 6.10 Å². The summed E-state index contributed by atoms with van der Waals surface area (Å²) in [6, 6.07) is 16.9. The van der Waals surface area contributed by atoms with Crippen LogP contribution in [0.5, 0.6) is 34.5 Å². The van der Waals surface area contributed by atoms with Crippen molar-refractivity contribution >= 4 is 5.78 Å². The van der Waals surface area contributed by atoms with Crippen molar-refractivity contribution in [2.45, 2.75) is 19.1 Å². The predicted octanol–water partition coefficient (Wildman–Crippen LogP) is 4.72. The van der Waals surface area contributed by atoms with Crippen molar-refractivity contribution in [2.24, 2.45) is 0 Å². The van der Waals surface area contributed by atoms with Crippen LogP contribution in [0.25, 0.3) is 0 Å². The number of hydrogen-bond donors (Lipinski definition) is 0. The zero-order valence-corrected chi connectivity index (χ0v) is 17.8. The Bertz CT molecular complexity index is 1130. The molecule has 7 nitrogen and oxygen atoms in total. The van der Waals surface area contributed by atoms with E-state index in [0.29, 0.717) is 46.7 Å². The van der Waals surface area contributed by atoms with Crippen molar-refractivity contribution in [3.8, 4) is 34.5 Å². The molecule has 0 amide bonds. The summed E-state index contributed by atoms with van der Waals surface area (Å²) in [6.07, 6.45) is -0.315. The Morgan fingerprint density at radius 3 is 2.28 bits per heavy atom. The van der Waals surface area contributed by atoms with E-state index in [1.54, 1.807) is 26.4 Å². The van der Waals surface area contributed by atoms with E-state index in [1.165, 1.54) is 0 Å². The minimum Gasteiger partial charge on any atom is -0.493 e. The van der Waals surface area contributed by atoms with Crippen molar-refractivity contribution < 1.29 is 33.2 Å². The highest BCUT2D eigenvalue weighted by atomic mass is 16.7. The summed E-state index contributed by atoms with van der Waals surface area (Å²) in [5, 5.41) is 0. The van der Waals surface area contributed by atoms with Gasteiger partial charge in [0.2, 0.25) is 12.5 Å². The molecule has 0 bridgehead atoms. The number of methoxy groups -OCH3 is 2. The van der Waals surface area contributed by atoms with Crippen LogP contribution in [0.3, 0.4) is 0 Å². The number of benzene rings is 3. The van der Waals surface area contributed by atoms with Gasteiger partial charge in [0.1, 0.15) is 18.5 Å². The molecule has 0 saturated heterocycles. The first-order valence-electron chi connectivity index (χ1n) is 10.2. The summed E-state index contributed by atoms with van der Waals surface area (Å²) >= 11 is 0. The second kappa shape index (κ2) is 8.34. The molecule has 0 N–H and O–H groups in total. The molecule has 0 aliphatic carbocycles. The van der Waals surface area contributed by atoms with Crippen LogP contribution in [-0.2, 0) is 6.61 Å². The Hall–Kier alpha value is -3.87. The molecule has 1 unspecified atom stereocenters. The van der Waals surface area contributed by atoms with Gasteiger partial charge in [0.25, 0.3) is 0 Å². The highest BCUT2D eigenvalue weighted by molar-refractivity contribution is 6.00. The van der Waals surface area contributed by atoms with E-state index in [2.05, 4.69) is 0 Å². The summed E-state index contributed by atoms with van der Waals surface area (Å²) in [4.78, 5) is 12.8. The minimum atomic E-state index is -0.499.